The molecule has 0 aliphatic rings. The van der Waals surface area contributed by atoms with Crippen LogP contribution in [0.4, 0.5) is 0 Å². The van der Waals surface area contributed by atoms with Gasteiger partial charge in [0.2, 0.25) is 0 Å². The van der Waals surface area contributed by atoms with E-state index in [2.05, 4.69) is 19.6 Å². The fourth-order valence-corrected chi connectivity index (χ4v) is 2.92. The Morgan fingerprint density at radius 1 is 0.850 bits per heavy atom. The summed E-state index contributed by atoms with van der Waals surface area (Å²) in [6.07, 6.45) is 14.4. The van der Waals surface area contributed by atoms with Gasteiger partial charge in [-0.1, -0.05) is 70.8 Å². The summed E-state index contributed by atoms with van der Waals surface area (Å²) in [4.78, 5) is 0.918. The van der Waals surface area contributed by atoms with E-state index in [4.69, 9.17) is 0 Å². The Labute approximate surface area is 130 Å². The van der Waals surface area contributed by atoms with Crippen molar-refractivity contribution in [1.29, 1.82) is 0 Å². The summed E-state index contributed by atoms with van der Waals surface area (Å²) >= 11 is 4.41. The first kappa shape index (κ1) is 17.4. The molecule has 0 saturated carbocycles. The molecule has 1 rings (SSSR count). The van der Waals surface area contributed by atoms with Crippen molar-refractivity contribution in [1.82, 2.24) is 0 Å². The standard InChI is InChI=1S/C18H30OS/c1-2-3-4-5-6-7-8-9-10-11-13-16-17(19)14-12-15-18(16)20/h12,14-15,19-20H,2-11,13H2,1H3. The minimum Gasteiger partial charge on any atom is -0.508 e. The first-order valence-corrected chi connectivity index (χ1v) is 8.70. The van der Waals surface area contributed by atoms with Gasteiger partial charge in [0.25, 0.3) is 0 Å². The van der Waals surface area contributed by atoms with Crippen LogP contribution in [0.3, 0.4) is 0 Å². The Morgan fingerprint density at radius 3 is 1.95 bits per heavy atom. The highest BCUT2D eigenvalue weighted by Crippen LogP contribution is 2.25. The number of phenols is 1. The van der Waals surface area contributed by atoms with Gasteiger partial charge in [-0.05, 0) is 25.0 Å². The number of hydrogen-bond acceptors (Lipinski definition) is 2. The van der Waals surface area contributed by atoms with Crippen molar-refractivity contribution in [3.63, 3.8) is 0 Å². The Balaban J connectivity index is 2.00. The first-order chi connectivity index (χ1) is 9.75. The van der Waals surface area contributed by atoms with Crippen molar-refractivity contribution in [2.75, 3.05) is 0 Å². The van der Waals surface area contributed by atoms with E-state index in [-0.39, 0.29) is 0 Å². The van der Waals surface area contributed by atoms with Gasteiger partial charge in [-0.15, -0.1) is 12.6 Å². The highest BCUT2D eigenvalue weighted by atomic mass is 32.1. The molecule has 0 amide bonds. The van der Waals surface area contributed by atoms with Crippen LogP contribution >= 0.6 is 12.6 Å². The fourth-order valence-electron chi connectivity index (χ4n) is 2.61. The van der Waals surface area contributed by atoms with Crippen LogP contribution in [0.2, 0.25) is 0 Å². The number of hydrogen-bond donors (Lipinski definition) is 2. The van der Waals surface area contributed by atoms with Crippen molar-refractivity contribution in [3.8, 4) is 5.75 Å². The molecule has 0 aliphatic heterocycles. The number of thiol groups is 1. The molecule has 0 heterocycles. The molecule has 1 aromatic rings. The lowest BCUT2D eigenvalue weighted by Gasteiger charge is -2.07. The van der Waals surface area contributed by atoms with E-state index in [1.807, 2.05) is 12.1 Å². The third kappa shape index (κ3) is 7.23. The summed E-state index contributed by atoms with van der Waals surface area (Å²) in [5.74, 6) is 0.397. The van der Waals surface area contributed by atoms with Gasteiger partial charge in [0.05, 0.1) is 0 Å². The molecule has 1 aromatic carbocycles. The molecule has 0 fully saturated rings. The number of phenolic OH excluding ortho intramolecular Hbond substituents is 1. The zero-order valence-corrected chi connectivity index (χ0v) is 13.8. The smallest absolute Gasteiger partial charge is 0.119 e. The number of benzene rings is 1. The molecule has 0 aromatic heterocycles. The zero-order valence-electron chi connectivity index (χ0n) is 12.9. The van der Waals surface area contributed by atoms with Crippen LogP contribution in [0.1, 0.15) is 76.7 Å². The van der Waals surface area contributed by atoms with Gasteiger partial charge in [-0.25, -0.2) is 0 Å². The van der Waals surface area contributed by atoms with Crippen molar-refractivity contribution in [2.24, 2.45) is 0 Å². The van der Waals surface area contributed by atoms with Gasteiger partial charge in [-0.2, -0.15) is 0 Å². The second kappa shape index (κ2) is 11.1. The lowest BCUT2D eigenvalue weighted by atomic mass is 10.0. The number of aromatic hydroxyl groups is 1. The van der Waals surface area contributed by atoms with E-state index < -0.39 is 0 Å². The molecule has 0 spiro atoms. The van der Waals surface area contributed by atoms with Gasteiger partial charge >= 0.3 is 0 Å². The summed E-state index contributed by atoms with van der Waals surface area (Å²) in [5.41, 5.74) is 1.01. The Hall–Kier alpha value is -0.630. The highest BCUT2D eigenvalue weighted by molar-refractivity contribution is 7.80. The molecule has 0 aliphatic carbocycles. The minimum absolute atomic E-state index is 0.397. The molecule has 2 heteroatoms. The summed E-state index contributed by atoms with van der Waals surface area (Å²) in [7, 11) is 0. The van der Waals surface area contributed by atoms with E-state index in [1.165, 1.54) is 57.8 Å². The second-order valence-electron chi connectivity index (χ2n) is 5.71. The molecule has 0 radical (unpaired) electrons. The van der Waals surface area contributed by atoms with Gasteiger partial charge in [0.1, 0.15) is 5.75 Å². The summed E-state index contributed by atoms with van der Waals surface area (Å²) in [6, 6.07) is 5.56. The molecular weight excluding hydrogens is 264 g/mol. The van der Waals surface area contributed by atoms with Crippen LogP contribution in [0.5, 0.6) is 5.75 Å². The van der Waals surface area contributed by atoms with E-state index >= 15 is 0 Å². The molecule has 20 heavy (non-hydrogen) atoms. The van der Waals surface area contributed by atoms with E-state index in [0.29, 0.717) is 5.75 Å². The van der Waals surface area contributed by atoms with Crippen molar-refractivity contribution in [2.45, 2.75) is 82.4 Å². The van der Waals surface area contributed by atoms with Crippen LogP contribution in [0, 0.1) is 0 Å². The molecule has 0 saturated heterocycles. The number of rotatable bonds is 11. The average Bonchev–Trinajstić information content (AvgIpc) is 2.43. The summed E-state index contributed by atoms with van der Waals surface area (Å²) in [5, 5.41) is 9.79. The maximum absolute atomic E-state index is 9.79. The first-order valence-electron chi connectivity index (χ1n) is 8.25. The van der Waals surface area contributed by atoms with Crippen LogP contribution in [-0.2, 0) is 6.42 Å². The normalized spacial score (nSPS) is 10.9. The molecule has 0 unspecified atom stereocenters. The topological polar surface area (TPSA) is 20.2 Å². The summed E-state index contributed by atoms with van der Waals surface area (Å²) < 4.78 is 0. The number of unbranched alkanes of at least 4 members (excludes halogenated alkanes) is 9. The molecular formula is C18H30OS. The van der Waals surface area contributed by atoms with Gasteiger partial charge in [0, 0.05) is 10.5 Å². The maximum atomic E-state index is 9.79. The van der Waals surface area contributed by atoms with E-state index in [0.717, 1.165) is 23.3 Å². The Morgan fingerprint density at radius 2 is 1.40 bits per heavy atom. The molecule has 0 bridgehead atoms. The van der Waals surface area contributed by atoms with Gasteiger partial charge in [-0.3, -0.25) is 0 Å². The third-order valence-corrected chi connectivity index (χ3v) is 4.33. The van der Waals surface area contributed by atoms with Gasteiger partial charge < -0.3 is 5.11 Å². The second-order valence-corrected chi connectivity index (χ2v) is 6.19. The van der Waals surface area contributed by atoms with E-state index in [1.54, 1.807) is 6.07 Å². The molecule has 114 valence electrons. The predicted octanol–water partition coefficient (Wildman–Crippen LogP) is 6.14. The highest BCUT2D eigenvalue weighted by Gasteiger charge is 2.04. The Bertz CT molecular complexity index is 342. The van der Waals surface area contributed by atoms with Gasteiger partial charge in [0.15, 0.2) is 0 Å². The molecule has 1 nitrogen and oxygen atoms in total. The molecule has 0 atom stereocenters. The lowest BCUT2D eigenvalue weighted by Crippen LogP contribution is -1.89. The predicted molar refractivity (Wildman–Crippen MR) is 90.9 cm³/mol. The van der Waals surface area contributed by atoms with E-state index in [9.17, 15) is 5.11 Å². The average molecular weight is 295 g/mol. The quantitative estimate of drug-likeness (QED) is 0.371. The Kier molecular flexibility index (Phi) is 9.65. The summed E-state index contributed by atoms with van der Waals surface area (Å²) in [6.45, 7) is 2.26. The minimum atomic E-state index is 0.397. The molecule has 1 N–H and O–H groups in total. The SMILES string of the molecule is CCCCCCCCCCCCc1c(O)cccc1S. The van der Waals surface area contributed by atoms with Crippen molar-refractivity contribution in [3.05, 3.63) is 23.8 Å². The lowest BCUT2D eigenvalue weighted by molar-refractivity contribution is 0.463. The third-order valence-electron chi connectivity index (χ3n) is 3.91. The van der Waals surface area contributed by atoms with Crippen molar-refractivity contribution < 1.29 is 5.11 Å². The maximum Gasteiger partial charge on any atom is 0.119 e. The largest absolute Gasteiger partial charge is 0.508 e. The van der Waals surface area contributed by atoms with Crippen LogP contribution in [0.15, 0.2) is 23.1 Å². The van der Waals surface area contributed by atoms with Crippen molar-refractivity contribution >= 4 is 12.6 Å². The fraction of sp³-hybridized carbons (Fsp3) is 0.667. The monoisotopic (exact) mass is 294 g/mol. The zero-order chi connectivity index (χ0) is 14.6. The van der Waals surface area contributed by atoms with Crippen LogP contribution in [0.25, 0.3) is 0 Å². The van der Waals surface area contributed by atoms with Crippen LogP contribution in [-0.4, -0.2) is 5.11 Å². The van der Waals surface area contributed by atoms with Crippen LogP contribution < -0.4 is 0 Å².